The second-order valence-corrected chi connectivity index (χ2v) is 9.76. The molecule has 2 aromatic rings. The first kappa shape index (κ1) is 22.4. The SMILES string of the molecule is O=C(C[C@@H]1CCCC[C@@H]1NC(=O)OCC1c2ccccc2-c2ccccc21)NC1(C(=O)O)CC1. The van der Waals surface area contributed by atoms with Gasteiger partial charge in [0.05, 0.1) is 0 Å². The van der Waals surface area contributed by atoms with Gasteiger partial charge in [0.2, 0.25) is 5.91 Å². The lowest BCUT2D eigenvalue weighted by Gasteiger charge is -2.32. The number of carbonyl (C=O) groups excluding carboxylic acids is 2. The molecule has 5 rings (SSSR count). The molecule has 0 unspecified atom stereocenters. The van der Waals surface area contributed by atoms with Crippen LogP contribution in [0.15, 0.2) is 48.5 Å². The second-order valence-electron chi connectivity index (χ2n) is 9.76. The maximum Gasteiger partial charge on any atom is 0.407 e. The van der Waals surface area contributed by atoms with Gasteiger partial charge in [-0.2, -0.15) is 0 Å². The number of nitrogens with one attached hydrogen (secondary N) is 2. The molecular weight excluding hydrogens is 432 g/mol. The molecule has 2 amide bonds. The highest BCUT2D eigenvalue weighted by atomic mass is 16.5. The van der Waals surface area contributed by atoms with Crippen LogP contribution in [0.2, 0.25) is 0 Å². The zero-order valence-corrected chi connectivity index (χ0v) is 19.1. The summed E-state index contributed by atoms with van der Waals surface area (Å²) in [6.45, 7) is 0.249. The number of benzene rings is 2. The highest BCUT2D eigenvalue weighted by Gasteiger charge is 2.51. The fourth-order valence-electron chi connectivity index (χ4n) is 5.51. The van der Waals surface area contributed by atoms with E-state index in [1.165, 1.54) is 11.1 Å². The van der Waals surface area contributed by atoms with E-state index < -0.39 is 17.6 Å². The number of aliphatic carboxylic acids is 1. The number of carboxylic acid groups (broad SMARTS) is 1. The van der Waals surface area contributed by atoms with E-state index in [0.29, 0.717) is 12.8 Å². The molecule has 0 spiro atoms. The molecule has 3 N–H and O–H groups in total. The van der Waals surface area contributed by atoms with Crippen LogP contribution < -0.4 is 10.6 Å². The van der Waals surface area contributed by atoms with E-state index in [1.807, 2.05) is 24.3 Å². The van der Waals surface area contributed by atoms with Crippen molar-refractivity contribution in [3.8, 4) is 11.1 Å². The summed E-state index contributed by atoms with van der Waals surface area (Å²) >= 11 is 0. The van der Waals surface area contributed by atoms with E-state index in [0.717, 1.165) is 36.8 Å². The molecule has 0 bridgehead atoms. The van der Waals surface area contributed by atoms with Gasteiger partial charge < -0.3 is 20.5 Å². The lowest BCUT2D eigenvalue weighted by Crippen LogP contribution is -2.47. The molecule has 2 saturated carbocycles. The molecular formula is C27H30N2O5. The Labute approximate surface area is 198 Å². The van der Waals surface area contributed by atoms with Crippen molar-refractivity contribution in [3.63, 3.8) is 0 Å². The Balaban J connectivity index is 1.19. The molecule has 2 aromatic carbocycles. The van der Waals surface area contributed by atoms with Gasteiger partial charge in [0, 0.05) is 18.4 Å². The van der Waals surface area contributed by atoms with Crippen LogP contribution in [0.3, 0.4) is 0 Å². The summed E-state index contributed by atoms with van der Waals surface area (Å²) in [6, 6.07) is 16.3. The van der Waals surface area contributed by atoms with E-state index in [-0.39, 0.29) is 36.8 Å². The minimum absolute atomic E-state index is 0.00293. The van der Waals surface area contributed by atoms with Crippen LogP contribution in [0.5, 0.6) is 0 Å². The van der Waals surface area contributed by atoms with Crippen molar-refractivity contribution in [1.82, 2.24) is 10.6 Å². The predicted molar refractivity (Wildman–Crippen MR) is 126 cm³/mol. The Morgan fingerprint density at radius 3 is 2.18 bits per heavy atom. The summed E-state index contributed by atoms with van der Waals surface area (Å²) in [6.07, 6.45) is 4.26. The lowest BCUT2D eigenvalue weighted by atomic mass is 9.82. The molecule has 2 atom stereocenters. The van der Waals surface area contributed by atoms with Crippen LogP contribution >= 0.6 is 0 Å². The van der Waals surface area contributed by atoms with Crippen molar-refractivity contribution in [3.05, 3.63) is 59.7 Å². The van der Waals surface area contributed by atoms with Crippen LogP contribution in [-0.2, 0) is 14.3 Å². The molecule has 34 heavy (non-hydrogen) atoms. The topological polar surface area (TPSA) is 105 Å². The van der Waals surface area contributed by atoms with Gasteiger partial charge in [-0.3, -0.25) is 4.79 Å². The van der Waals surface area contributed by atoms with Gasteiger partial charge in [-0.1, -0.05) is 61.4 Å². The van der Waals surface area contributed by atoms with Gasteiger partial charge in [0.25, 0.3) is 0 Å². The standard InChI is InChI=1S/C27H30N2O5/c30-24(29-27(13-14-27)25(31)32)15-17-7-1-6-12-23(17)28-26(33)34-16-22-20-10-4-2-8-18(20)19-9-3-5-11-21(19)22/h2-5,8-11,17,22-23H,1,6-7,12-16H2,(H,28,33)(H,29,30)(H,31,32)/t17-,23-/m0/s1. The Hall–Kier alpha value is -3.35. The van der Waals surface area contributed by atoms with E-state index in [4.69, 9.17) is 4.74 Å². The summed E-state index contributed by atoms with van der Waals surface area (Å²) in [4.78, 5) is 36.6. The van der Waals surface area contributed by atoms with Crippen molar-refractivity contribution in [2.45, 2.75) is 62.4 Å². The molecule has 0 aromatic heterocycles. The molecule has 0 radical (unpaired) electrons. The van der Waals surface area contributed by atoms with E-state index in [9.17, 15) is 19.5 Å². The maximum atomic E-state index is 12.7. The van der Waals surface area contributed by atoms with Gasteiger partial charge in [0.1, 0.15) is 12.1 Å². The lowest BCUT2D eigenvalue weighted by molar-refractivity contribution is -0.143. The predicted octanol–water partition coefficient (Wildman–Crippen LogP) is 4.21. The average Bonchev–Trinajstić information content (AvgIpc) is 3.55. The molecule has 3 aliphatic rings. The van der Waals surface area contributed by atoms with Crippen LogP contribution in [0, 0.1) is 5.92 Å². The number of alkyl carbamates (subject to hydrolysis) is 1. The molecule has 7 nitrogen and oxygen atoms in total. The fraction of sp³-hybridized carbons (Fsp3) is 0.444. The van der Waals surface area contributed by atoms with Gasteiger partial charge in [-0.05, 0) is 53.9 Å². The van der Waals surface area contributed by atoms with Crippen LogP contribution in [0.25, 0.3) is 11.1 Å². The summed E-state index contributed by atoms with van der Waals surface area (Å²) < 4.78 is 5.69. The van der Waals surface area contributed by atoms with Gasteiger partial charge in [-0.25, -0.2) is 9.59 Å². The minimum atomic E-state index is -1.08. The Bertz CT molecular complexity index is 1060. The van der Waals surface area contributed by atoms with E-state index in [2.05, 4.69) is 34.9 Å². The first-order valence-corrected chi connectivity index (χ1v) is 12.1. The number of ether oxygens (including phenoxy) is 1. The van der Waals surface area contributed by atoms with Gasteiger partial charge >= 0.3 is 12.1 Å². The molecule has 0 heterocycles. The average molecular weight is 463 g/mol. The van der Waals surface area contributed by atoms with Crippen molar-refractivity contribution >= 4 is 18.0 Å². The summed E-state index contributed by atoms with van der Waals surface area (Å²) in [5.41, 5.74) is 3.61. The third kappa shape index (κ3) is 4.39. The van der Waals surface area contributed by atoms with Gasteiger partial charge in [0.15, 0.2) is 0 Å². The van der Waals surface area contributed by atoms with Crippen molar-refractivity contribution in [2.24, 2.45) is 5.92 Å². The highest BCUT2D eigenvalue weighted by molar-refractivity contribution is 5.89. The second kappa shape index (κ2) is 9.12. The molecule has 0 saturated heterocycles. The number of rotatable bonds is 7. The summed E-state index contributed by atoms with van der Waals surface area (Å²) in [5, 5.41) is 15.0. The fourth-order valence-corrected chi connectivity index (χ4v) is 5.51. The summed E-state index contributed by atoms with van der Waals surface area (Å²) in [5.74, 6) is -1.26. The van der Waals surface area contributed by atoms with Crippen LogP contribution in [-0.4, -0.2) is 41.3 Å². The number of fused-ring (bicyclic) bond motifs is 3. The minimum Gasteiger partial charge on any atom is -0.480 e. The maximum absolute atomic E-state index is 12.7. The summed E-state index contributed by atoms with van der Waals surface area (Å²) in [7, 11) is 0. The largest absolute Gasteiger partial charge is 0.480 e. The Morgan fingerprint density at radius 2 is 1.56 bits per heavy atom. The van der Waals surface area contributed by atoms with Crippen LogP contribution in [0.1, 0.15) is 62.0 Å². The zero-order valence-electron chi connectivity index (χ0n) is 19.1. The van der Waals surface area contributed by atoms with Crippen molar-refractivity contribution < 1.29 is 24.2 Å². The number of carboxylic acids is 1. The first-order chi connectivity index (χ1) is 16.5. The zero-order chi connectivity index (χ0) is 23.7. The molecule has 0 aliphatic heterocycles. The van der Waals surface area contributed by atoms with E-state index in [1.54, 1.807) is 0 Å². The molecule has 178 valence electrons. The Kier molecular flexibility index (Phi) is 6.02. The highest BCUT2D eigenvalue weighted by Crippen LogP contribution is 2.44. The number of hydrogen-bond acceptors (Lipinski definition) is 4. The Morgan fingerprint density at radius 1 is 0.941 bits per heavy atom. The van der Waals surface area contributed by atoms with Crippen molar-refractivity contribution in [1.29, 1.82) is 0 Å². The molecule has 7 heteroatoms. The number of hydrogen-bond donors (Lipinski definition) is 3. The smallest absolute Gasteiger partial charge is 0.407 e. The molecule has 3 aliphatic carbocycles. The van der Waals surface area contributed by atoms with Crippen molar-refractivity contribution in [2.75, 3.05) is 6.61 Å². The van der Waals surface area contributed by atoms with Gasteiger partial charge in [-0.15, -0.1) is 0 Å². The monoisotopic (exact) mass is 462 g/mol. The first-order valence-electron chi connectivity index (χ1n) is 12.1. The third-order valence-corrected chi connectivity index (χ3v) is 7.54. The van der Waals surface area contributed by atoms with Crippen LogP contribution in [0.4, 0.5) is 4.79 Å². The molecule has 2 fully saturated rings. The number of carbonyl (C=O) groups is 3. The van der Waals surface area contributed by atoms with E-state index >= 15 is 0 Å². The third-order valence-electron chi connectivity index (χ3n) is 7.54. The number of amides is 2. The normalized spacial score (nSPS) is 22.2. The quantitative estimate of drug-likeness (QED) is 0.572.